The molecule has 0 bridgehead atoms. The van der Waals surface area contributed by atoms with E-state index in [1.807, 2.05) is 19.1 Å². The van der Waals surface area contributed by atoms with Gasteiger partial charge >= 0.3 is 12.0 Å². The summed E-state index contributed by atoms with van der Waals surface area (Å²) in [5, 5.41) is 2.57. The van der Waals surface area contributed by atoms with E-state index in [9.17, 15) is 14.4 Å². The fraction of sp³-hybridized carbons (Fsp3) is 0.400. The Morgan fingerprint density at radius 1 is 1.14 bits per heavy atom. The summed E-state index contributed by atoms with van der Waals surface area (Å²) in [7, 11) is 1.38. The third-order valence-corrected chi connectivity index (χ3v) is 3.07. The maximum atomic E-state index is 11.6. The van der Waals surface area contributed by atoms with E-state index in [1.54, 1.807) is 12.1 Å². The van der Waals surface area contributed by atoms with Crippen molar-refractivity contribution in [2.45, 2.75) is 26.7 Å². The number of nitrogens with one attached hydrogen (secondary N) is 3. The Morgan fingerprint density at radius 2 is 1.77 bits per heavy atom. The normalized spacial score (nSPS) is 11.2. The molecule has 0 saturated carbocycles. The minimum absolute atomic E-state index is 0.174. The molecule has 1 aromatic rings. The van der Waals surface area contributed by atoms with E-state index in [4.69, 9.17) is 4.74 Å². The Morgan fingerprint density at radius 3 is 2.27 bits per heavy atom. The van der Waals surface area contributed by atoms with Crippen molar-refractivity contribution in [3.63, 3.8) is 0 Å². The fourth-order valence-corrected chi connectivity index (χ4v) is 1.88. The fourth-order valence-electron chi connectivity index (χ4n) is 1.88. The van der Waals surface area contributed by atoms with Gasteiger partial charge in [0.2, 0.25) is 5.91 Å². The van der Waals surface area contributed by atoms with Gasteiger partial charge in [0.25, 0.3) is 0 Å². The minimum Gasteiger partial charge on any atom is -0.469 e. The van der Waals surface area contributed by atoms with Crippen LogP contribution < -0.4 is 16.2 Å². The first-order valence-electron chi connectivity index (χ1n) is 6.96. The predicted octanol–water partition coefficient (Wildman–Crippen LogP) is 1.60. The lowest BCUT2D eigenvalue weighted by molar-refractivity contribution is -0.145. The lowest BCUT2D eigenvalue weighted by Gasteiger charge is -2.13. The second kappa shape index (κ2) is 8.66. The molecular formula is C15H21N3O4. The molecule has 7 heteroatoms. The van der Waals surface area contributed by atoms with Crippen LogP contribution in [-0.2, 0) is 20.7 Å². The van der Waals surface area contributed by atoms with Crippen molar-refractivity contribution in [1.29, 1.82) is 0 Å². The predicted molar refractivity (Wildman–Crippen MR) is 81.9 cm³/mol. The summed E-state index contributed by atoms with van der Waals surface area (Å²) in [5.74, 6) is -0.759. The molecule has 1 aromatic carbocycles. The van der Waals surface area contributed by atoms with Crippen molar-refractivity contribution in [3.8, 4) is 0 Å². The number of carbonyl (C=O) groups is 3. The molecule has 1 atom stereocenters. The molecule has 0 aliphatic rings. The number of hydrogen-bond donors (Lipinski definition) is 3. The molecule has 0 aliphatic carbocycles. The Kier molecular flexibility index (Phi) is 6.88. The molecule has 0 spiro atoms. The number of benzene rings is 1. The highest BCUT2D eigenvalue weighted by Crippen LogP contribution is 2.16. The highest BCUT2D eigenvalue weighted by atomic mass is 16.5. The topological polar surface area (TPSA) is 96.5 Å². The molecule has 3 amide bonds. The van der Waals surface area contributed by atoms with Crippen LogP contribution >= 0.6 is 0 Å². The van der Waals surface area contributed by atoms with E-state index in [2.05, 4.69) is 16.2 Å². The van der Waals surface area contributed by atoms with Gasteiger partial charge in [-0.3, -0.25) is 15.0 Å². The molecule has 7 nitrogen and oxygen atoms in total. The number of hydrazine groups is 1. The van der Waals surface area contributed by atoms with Crippen LogP contribution in [0.1, 0.15) is 25.8 Å². The number of hydrogen-bond acceptors (Lipinski definition) is 4. The maximum Gasteiger partial charge on any atom is 0.337 e. The van der Waals surface area contributed by atoms with Crippen molar-refractivity contribution in [3.05, 3.63) is 29.8 Å². The summed E-state index contributed by atoms with van der Waals surface area (Å²) in [6.07, 6.45) is 1.29. The van der Waals surface area contributed by atoms with Crippen molar-refractivity contribution in [2.24, 2.45) is 5.92 Å². The number of amides is 3. The molecule has 0 aromatic heterocycles. The molecule has 0 fully saturated rings. The van der Waals surface area contributed by atoms with Crippen molar-refractivity contribution < 1.29 is 19.1 Å². The van der Waals surface area contributed by atoms with Gasteiger partial charge in [-0.2, -0.15) is 0 Å². The van der Waals surface area contributed by atoms with Crippen molar-refractivity contribution >= 4 is 23.6 Å². The second-order valence-electron chi connectivity index (χ2n) is 4.79. The number of rotatable bonds is 5. The summed E-state index contributed by atoms with van der Waals surface area (Å²) >= 11 is 0. The van der Waals surface area contributed by atoms with Crippen LogP contribution in [0.4, 0.5) is 10.5 Å². The molecule has 3 N–H and O–H groups in total. The van der Waals surface area contributed by atoms with E-state index in [-0.39, 0.29) is 17.8 Å². The summed E-state index contributed by atoms with van der Waals surface area (Å²) < 4.78 is 4.76. The average molecular weight is 307 g/mol. The number of urea groups is 1. The third kappa shape index (κ3) is 5.82. The summed E-state index contributed by atoms with van der Waals surface area (Å²) in [4.78, 5) is 33.7. The molecule has 1 unspecified atom stereocenters. The number of anilines is 1. The van der Waals surface area contributed by atoms with Gasteiger partial charge in [-0.1, -0.05) is 19.1 Å². The molecule has 22 heavy (non-hydrogen) atoms. The largest absolute Gasteiger partial charge is 0.469 e. The van der Waals surface area contributed by atoms with Crippen molar-refractivity contribution in [1.82, 2.24) is 10.9 Å². The average Bonchev–Trinajstić information content (AvgIpc) is 2.51. The third-order valence-electron chi connectivity index (χ3n) is 3.07. The first-order chi connectivity index (χ1) is 10.5. The van der Waals surface area contributed by atoms with E-state index in [1.165, 1.54) is 14.0 Å². The van der Waals surface area contributed by atoms with Gasteiger partial charge in [-0.15, -0.1) is 0 Å². The maximum absolute atomic E-state index is 11.6. The van der Waals surface area contributed by atoms with Gasteiger partial charge in [0, 0.05) is 12.6 Å². The Balaban J connectivity index is 2.57. The van der Waals surface area contributed by atoms with Crippen LogP contribution in [0.15, 0.2) is 24.3 Å². The van der Waals surface area contributed by atoms with Gasteiger partial charge in [-0.25, -0.2) is 10.2 Å². The van der Waals surface area contributed by atoms with E-state index in [0.717, 1.165) is 5.56 Å². The molecule has 120 valence electrons. The van der Waals surface area contributed by atoms with Gasteiger partial charge in [-0.05, 0) is 30.5 Å². The Hall–Kier alpha value is -2.57. The molecule has 0 saturated heterocycles. The summed E-state index contributed by atoms with van der Waals surface area (Å²) in [6.45, 7) is 3.23. The molecular weight excluding hydrogens is 286 g/mol. The minimum atomic E-state index is -0.538. The second-order valence-corrected chi connectivity index (χ2v) is 4.79. The molecule has 0 heterocycles. The van der Waals surface area contributed by atoms with Crippen LogP contribution in [0.25, 0.3) is 0 Å². The highest BCUT2D eigenvalue weighted by molar-refractivity contribution is 5.90. The number of ether oxygens (including phenoxy) is 1. The monoisotopic (exact) mass is 307 g/mol. The molecule has 0 radical (unpaired) electrons. The van der Waals surface area contributed by atoms with Crippen LogP contribution in [0.3, 0.4) is 0 Å². The van der Waals surface area contributed by atoms with Gasteiger partial charge in [0.1, 0.15) is 0 Å². The van der Waals surface area contributed by atoms with Gasteiger partial charge < -0.3 is 10.1 Å². The SMILES string of the molecule is CCC(Cc1ccc(NC(=O)NNC(C)=O)cc1)C(=O)OC. The first kappa shape index (κ1) is 17.5. The van der Waals surface area contributed by atoms with Crippen LogP contribution in [0.5, 0.6) is 0 Å². The summed E-state index contributed by atoms with van der Waals surface area (Å²) in [5.41, 5.74) is 5.93. The standard InChI is InChI=1S/C15H21N3O4/c1-4-12(14(20)22-3)9-11-5-7-13(8-6-11)16-15(21)18-17-10(2)19/h5-8,12H,4,9H2,1-3H3,(H,17,19)(H2,16,18,21). The number of esters is 1. The van der Waals surface area contributed by atoms with Crippen molar-refractivity contribution in [2.75, 3.05) is 12.4 Å². The number of methoxy groups -OCH3 is 1. The van der Waals surface area contributed by atoms with Crippen LogP contribution in [0.2, 0.25) is 0 Å². The zero-order chi connectivity index (χ0) is 16.5. The lowest BCUT2D eigenvalue weighted by atomic mass is 9.97. The van der Waals surface area contributed by atoms with E-state index in [0.29, 0.717) is 18.5 Å². The Bertz CT molecular complexity index is 528. The van der Waals surface area contributed by atoms with E-state index >= 15 is 0 Å². The smallest absolute Gasteiger partial charge is 0.337 e. The highest BCUT2D eigenvalue weighted by Gasteiger charge is 2.17. The quantitative estimate of drug-likeness (QED) is 0.568. The van der Waals surface area contributed by atoms with E-state index < -0.39 is 6.03 Å². The van der Waals surface area contributed by atoms with Gasteiger partial charge in [0.05, 0.1) is 13.0 Å². The Labute approximate surface area is 129 Å². The lowest BCUT2D eigenvalue weighted by Crippen LogP contribution is -2.42. The van der Waals surface area contributed by atoms with Crippen LogP contribution in [0, 0.1) is 5.92 Å². The zero-order valence-corrected chi connectivity index (χ0v) is 12.9. The van der Waals surface area contributed by atoms with Crippen LogP contribution in [-0.4, -0.2) is 25.0 Å². The summed E-state index contributed by atoms with van der Waals surface area (Å²) in [6, 6.07) is 6.59. The van der Waals surface area contributed by atoms with Gasteiger partial charge in [0.15, 0.2) is 0 Å². The zero-order valence-electron chi connectivity index (χ0n) is 12.9. The first-order valence-corrected chi connectivity index (χ1v) is 6.96. The molecule has 0 aliphatic heterocycles. The number of carbonyl (C=O) groups excluding carboxylic acids is 3. The molecule has 1 rings (SSSR count).